The van der Waals surface area contributed by atoms with Gasteiger partial charge in [-0.25, -0.2) is 4.98 Å². The molecule has 5 rings (SSSR count). The number of ether oxygens (including phenoxy) is 2. The predicted octanol–water partition coefficient (Wildman–Crippen LogP) is 5.60. The third-order valence-corrected chi connectivity index (χ3v) is 6.01. The number of carbonyl (C=O) groups is 1. The number of aromatic nitrogens is 2. The monoisotopic (exact) mass is 465 g/mol. The number of nitrogens with one attached hydrogen (secondary N) is 1. The number of hydrogen-bond acceptors (Lipinski definition) is 4. The molecule has 0 saturated carbocycles. The first-order chi connectivity index (χ1) is 17.2. The van der Waals surface area contributed by atoms with E-state index in [0.717, 1.165) is 35.6 Å². The maximum absolute atomic E-state index is 12.6. The van der Waals surface area contributed by atoms with Crippen LogP contribution in [0, 0.1) is 0 Å². The van der Waals surface area contributed by atoms with Gasteiger partial charge in [0.25, 0.3) is 5.91 Å². The van der Waals surface area contributed by atoms with E-state index in [1.165, 1.54) is 10.8 Å². The van der Waals surface area contributed by atoms with Crippen molar-refractivity contribution in [2.75, 3.05) is 13.7 Å². The molecule has 6 nitrogen and oxygen atoms in total. The van der Waals surface area contributed by atoms with E-state index in [2.05, 4.69) is 40.2 Å². The van der Waals surface area contributed by atoms with E-state index >= 15 is 0 Å². The third-order valence-electron chi connectivity index (χ3n) is 6.01. The maximum Gasteiger partial charge on any atom is 0.251 e. The zero-order valence-corrected chi connectivity index (χ0v) is 19.6. The first-order valence-electron chi connectivity index (χ1n) is 11.7. The van der Waals surface area contributed by atoms with Crippen molar-refractivity contribution in [3.8, 4) is 11.5 Å². The van der Waals surface area contributed by atoms with Crippen LogP contribution in [-0.2, 0) is 13.1 Å². The van der Waals surface area contributed by atoms with Crippen LogP contribution in [0.3, 0.4) is 0 Å². The highest BCUT2D eigenvalue weighted by Crippen LogP contribution is 2.21. The molecule has 0 fully saturated rings. The lowest BCUT2D eigenvalue weighted by Crippen LogP contribution is -2.25. The van der Waals surface area contributed by atoms with Crippen molar-refractivity contribution in [2.45, 2.75) is 19.5 Å². The van der Waals surface area contributed by atoms with E-state index in [0.29, 0.717) is 24.5 Å². The van der Waals surface area contributed by atoms with Gasteiger partial charge in [-0.1, -0.05) is 42.5 Å². The third kappa shape index (κ3) is 5.11. The fourth-order valence-corrected chi connectivity index (χ4v) is 4.18. The van der Waals surface area contributed by atoms with Crippen LogP contribution in [0.5, 0.6) is 11.5 Å². The lowest BCUT2D eigenvalue weighted by Gasteiger charge is -2.12. The molecule has 176 valence electrons. The van der Waals surface area contributed by atoms with Crippen molar-refractivity contribution in [3.05, 3.63) is 102 Å². The second-order valence-electron chi connectivity index (χ2n) is 8.29. The van der Waals surface area contributed by atoms with Gasteiger partial charge in [0.05, 0.1) is 31.3 Å². The molecule has 6 heteroatoms. The second-order valence-corrected chi connectivity index (χ2v) is 8.29. The summed E-state index contributed by atoms with van der Waals surface area (Å²) in [5.41, 5.74) is 2.54. The van der Waals surface area contributed by atoms with Crippen molar-refractivity contribution in [2.24, 2.45) is 0 Å². The van der Waals surface area contributed by atoms with Crippen LogP contribution in [0.2, 0.25) is 0 Å². The summed E-state index contributed by atoms with van der Waals surface area (Å²) < 4.78 is 13.4. The lowest BCUT2D eigenvalue weighted by molar-refractivity contribution is 0.0949. The summed E-state index contributed by atoms with van der Waals surface area (Å²) in [5.74, 6) is 2.25. The first kappa shape index (κ1) is 22.5. The molecule has 1 heterocycles. The van der Waals surface area contributed by atoms with Crippen molar-refractivity contribution in [3.63, 3.8) is 0 Å². The summed E-state index contributed by atoms with van der Waals surface area (Å²) in [5, 5.41) is 5.36. The minimum absolute atomic E-state index is 0.147. The van der Waals surface area contributed by atoms with Gasteiger partial charge in [-0.05, 0) is 65.7 Å². The number of benzene rings is 4. The normalized spacial score (nSPS) is 11.0. The van der Waals surface area contributed by atoms with Crippen LogP contribution in [0.25, 0.3) is 21.8 Å². The van der Waals surface area contributed by atoms with Gasteiger partial charge in [-0.2, -0.15) is 0 Å². The van der Waals surface area contributed by atoms with Crippen LogP contribution in [-0.4, -0.2) is 29.2 Å². The van der Waals surface area contributed by atoms with E-state index in [4.69, 9.17) is 14.5 Å². The van der Waals surface area contributed by atoms with Crippen LogP contribution in [0.4, 0.5) is 0 Å². The van der Waals surface area contributed by atoms with Gasteiger partial charge in [0.1, 0.15) is 17.3 Å². The minimum atomic E-state index is -0.147. The fourth-order valence-electron chi connectivity index (χ4n) is 4.18. The van der Waals surface area contributed by atoms with Crippen molar-refractivity contribution in [1.29, 1.82) is 0 Å². The number of fused-ring (bicyclic) bond motifs is 2. The molecule has 0 aliphatic rings. The molecule has 35 heavy (non-hydrogen) atoms. The molecule has 1 amide bonds. The Morgan fingerprint density at radius 1 is 0.886 bits per heavy atom. The molecule has 4 aromatic carbocycles. The number of aryl methyl sites for hydroxylation is 1. The summed E-state index contributed by atoms with van der Waals surface area (Å²) in [7, 11) is 1.60. The molecule has 0 spiro atoms. The molecule has 0 unspecified atom stereocenters. The van der Waals surface area contributed by atoms with E-state index in [-0.39, 0.29) is 5.91 Å². The number of imidazole rings is 1. The number of amides is 1. The average molecular weight is 466 g/mol. The first-order valence-corrected chi connectivity index (χ1v) is 11.7. The summed E-state index contributed by atoms with van der Waals surface area (Å²) in [6.07, 6.45) is 0.812. The SMILES string of the molecule is COc1ccc(C(=O)NCc2nc3ccccc3n2CCCOc2ccc3ccccc3c2)cc1. The number of nitrogens with zero attached hydrogens (tertiary/aromatic N) is 2. The number of hydrogen-bond donors (Lipinski definition) is 1. The highest BCUT2D eigenvalue weighted by atomic mass is 16.5. The van der Waals surface area contributed by atoms with Gasteiger partial charge in [-0.15, -0.1) is 0 Å². The molecule has 0 saturated heterocycles. The molecule has 1 N–H and O–H groups in total. The predicted molar refractivity (Wildman–Crippen MR) is 138 cm³/mol. The Kier molecular flexibility index (Phi) is 6.61. The van der Waals surface area contributed by atoms with Crippen molar-refractivity contribution < 1.29 is 14.3 Å². The van der Waals surface area contributed by atoms with E-state index in [1.807, 2.05) is 36.4 Å². The Morgan fingerprint density at radius 3 is 2.46 bits per heavy atom. The van der Waals surface area contributed by atoms with Gasteiger partial charge in [-0.3, -0.25) is 4.79 Å². The Balaban J connectivity index is 1.24. The van der Waals surface area contributed by atoms with Crippen LogP contribution in [0.15, 0.2) is 91.0 Å². The topological polar surface area (TPSA) is 65.4 Å². The summed E-state index contributed by atoms with van der Waals surface area (Å²) in [6.45, 7) is 1.66. The lowest BCUT2D eigenvalue weighted by atomic mass is 10.1. The van der Waals surface area contributed by atoms with Crippen LogP contribution >= 0.6 is 0 Å². The molecule has 5 aromatic rings. The van der Waals surface area contributed by atoms with Crippen LogP contribution < -0.4 is 14.8 Å². The number of rotatable bonds is 9. The van der Waals surface area contributed by atoms with Crippen molar-refractivity contribution >= 4 is 27.7 Å². The standard InChI is InChI=1S/C29H27N3O3/c1-34-24-14-12-22(13-15-24)29(33)30-20-28-31-26-9-4-5-10-27(26)32(28)17-6-18-35-25-16-11-21-7-2-3-8-23(21)19-25/h2-5,7-16,19H,6,17-18,20H2,1H3,(H,30,33). The minimum Gasteiger partial charge on any atom is -0.497 e. The smallest absolute Gasteiger partial charge is 0.251 e. The average Bonchev–Trinajstić information content (AvgIpc) is 3.27. The van der Waals surface area contributed by atoms with Gasteiger partial charge in [0.2, 0.25) is 0 Å². The number of methoxy groups -OCH3 is 1. The Bertz CT molecular complexity index is 1460. The Hall–Kier alpha value is -4.32. The van der Waals surface area contributed by atoms with Gasteiger partial charge >= 0.3 is 0 Å². The molecule has 0 bridgehead atoms. The molecule has 0 radical (unpaired) electrons. The van der Waals surface area contributed by atoms with E-state index < -0.39 is 0 Å². The molecule has 1 aromatic heterocycles. The van der Waals surface area contributed by atoms with Crippen molar-refractivity contribution in [1.82, 2.24) is 14.9 Å². The van der Waals surface area contributed by atoms with Gasteiger partial charge in [0.15, 0.2) is 0 Å². The second kappa shape index (κ2) is 10.3. The summed E-state index contributed by atoms with van der Waals surface area (Å²) in [6, 6.07) is 29.5. The van der Waals surface area contributed by atoms with Gasteiger partial charge in [0, 0.05) is 12.1 Å². The molecule has 0 aliphatic heterocycles. The summed E-state index contributed by atoms with van der Waals surface area (Å²) in [4.78, 5) is 17.4. The molecular formula is C29H27N3O3. The van der Waals surface area contributed by atoms with E-state index in [9.17, 15) is 4.79 Å². The quantitative estimate of drug-likeness (QED) is 0.288. The molecular weight excluding hydrogens is 438 g/mol. The number of para-hydroxylation sites is 2. The maximum atomic E-state index is 12.6. The highest BCUT2D eigenvalue weighted by molar-refractivity contribution is 5.94. The van der Waals surface area contributed by atoms with E-state index in [1.54, 1.807) is 31.4 Å². The van der Waals surface area contributed by atoms with Gasteiger partial charge < -0.3 is 19.4 Å². The summed E-state index contributed by atoms with van der Waals surface area (Å²) >= 11 is 0. The molecule has 0 aliphatic carbocycles. The highest BCUT2D eigenvalue weighted by Gasteiger charge is 2.13. The zero-order chi connectivity index (χ0) is 24.0. The number of carbonyl (C=O) groups excluding carboxylic acids is 1. The van der Waals surface area contributed by atoms with Crippen LogP contribution in [0.1, 0.15) is 22.6 Å². The Morgan fingerprint density at radius 2 is 1.63 bits per heavy atom. The Labute approximate surface area is 204 Å². The largest absolute Gasteiger partial charge is 0.497 e. The molecule has 0 atom stereocenters. The fraction of sp³-hybridized carbons (Fsp3) is 0.172. The zero-order valence-electron chi connectivity index (χ0n) is 19.6.